The van der Waals surface area contributed by atoms with Gasteiger partial charge in [0.1, 0.15) is 24.2 Å². The third-order valence-electron chi connectivity index (χ3n) is 16.3. The summed E-state index contributed by atoms with van der Waals surface area (Å²) in [7, 11) is 3.34. The summed E-state index contributed by atoms with van der Waals surface area (Å²) in [6, 6.07) is 9.17. The molecule has 3 saturated heterocycles. The van der Waals surface area contributed by atoms with Gasteiger partial charge in [0.05, 0.1) is 55.3 Å². The molecule has 2 aliphatic carbocycles. The van der Waals surface area contributed by atoms with E-state index in [0.29, 0.717) is 51.5 Å². The highest BCUT2D eigenvalue weighted by molar-refractivity contribution is 5.96. The maximum absolute atomic E-state index is 14.6. The van der Waals surface area contributed by atoms with Gasteiger partial charge < -0.3 is 52.3 Å². The van der Waals surface area contributed by atoms with Crippen molar-refractivity contribution >= 4 is 47.3 Å². The first-order valence-electron chi connectivity index (χ1n) is 27.2. The second kappa shape index (κ2) is 24.7. The van der Waals surface area contributed by atoms with E-state index in [-0.39, 0.29) is 66.4 Å². The minimum Gasteiger partial charge on any atom is -0.347 e. The highest BCUT2D eigenvalue weighted by Gasteiger charge is 2.56. The Bertz CT molecular complexity index is 2720. The van der Waals surface area contributed by atoms with Crippen molar-refractivity contribution in [2.75, 3.05) is 33.7 Å². The molecule has 0 radical (unpaired) electrons. The van der Waals surface area contributed by atoms with Gasteiger partial charge in [-0.3, -0.25) is 43.7 Å². The molecule has 12 atom stereocenters. The summed E-state index contributed by atoms with van der Waals surface area (Å²) in [4.78, 5) is 114. The highest BCUT2D eigenvalue weighted by Crippen LogP contribution is 2.44. The predicted molar refractivity (Wildman–Crippen MR) is 290 cm³/mol. The van der Waals surface area contributed by atoms with Gasteiger partial charge in [-0.1, -0.05) is 101 Å². The minimum atomic E-state index is -0.878. The molecular weight excluding hydrogens is 979 g/mol. The van der Waals surface area contributed by atoms with Crippen LogP contribution in [0.4, 0.5) is 0 Å². The summed E-state index contributed by atoms with van der Waals surface area (Å²) in [5.74, 6) is 7.27. The zero-order valence-electron chi connectivity index (χ0n) is 46.3. The smallest absolute Gasteiger partial charge is 0.247 e. The number of nitrogens with zero attached hydrogens (tertiary/aromatic N) is 2. The fourth-order valence-electron chi connectivity index (χ4n) is 12.2. The molecule has 0 aromatic heterocycles. The molecule has 3 fully saturated rings. The van der Waals surface area contributed by atoms with E-state index in [2.05, 4.69) is 71.5 Å². The van der Waals surface area contributed by atoms with Crippen molar-refractivity contribution in [2.45, 2.75) is 161 Å². The number of rotatable bonds is 17. The molecule has 9 N–H and O–H groups in total. The van der Waals surface area contributed by atoms with Crippen LogP contribution in [0.3, 0.4) is 0 Å². The maximum atomic E-state index is 14.6. The Morgan fingerprint density at radius 3 is 1.74 bits per heavy atom. The van der Waals surface area contributed by atoms with Crippen LogP contribution in [0.5, 0.6) is 0 Å². The quantitative estimate of drug-likeness (QED) is 0.102. The Labute approximate surface area is 453 Å². The molecule has 3 aliphatic heterocycles. The second-order valence-electron chi connectivity index (χ2n) is 22.8. The average Bonchev–Trinajstić information content (AvgIpc) is 4.08. The first-order valence-corrected chi connectivity index (χ1v) is 27.2. The van der Waals surface area contributed by atoms with Gasteiger partial charge >= 0.3 is 0 Å². The van der Waals surface area contributed by atoms with Gasteiger partial charge in [0.2, 0.25) is 47.3 Å². The summed E-state index contributed by atoms with van der Waals surface area (Å²) in [6.07, 6.45) is 2.86. The molecular formula is C58H79N11O8. The van der Waals surface area contributed by atoms with E-state index in [1.165, 1.54) is 0 Å². The van der Waals surface area contributed by atoms with Crippen molar-refractivity contribution in [3.8, 4) is 23.7 Å². The van der Waals surface area contributed by atoms with Gasteiger partial charge in [-0.05, 0) is 125 Å². The SMILES string of the molecule is CCC[C@H](NC(=O)[C@H](C)NC)C(=O)N1[C@@H](C)CC(C)(C)[C@H]1C(=O)N[C@H]1c2ccccc2C[C@H]1C(=O)NCC#CC#CCNC(=O)[C@@H]1Cc2ccccc2[C@@H]1NC(=O)[C@H]1N2C(=O)[C@@H](NC(=O)[C@H](C)NC)CCN[C@H]2CC1(C)C. The number of likely N-dealkylation sites (N-methyl/N-ethyl adjacent to an activating group) is 2. The van der Waals surface area contributed by atoms with Crippen LogP contribution in [0.2, 0.25) is 0 Å². The van der Waals surface area contributed by atoms with Crippen LogP contribution >= 0.6 is 0 Å². The fourth-order valence-corrected chi connectivity index (χ4v) is 12.2. The van der Waals surface area contributed by atoms with Gasteiger partial charge in [-0.15, -0.1) is 0 Å². The van der Waals surface area contributed by atoms with Crippen molar-refractivity contribution in [3.05, 3.63) is 70.8 Å². The van der Waals surface area contributed by atoms with Crippen molar-refractivity contribution < 1.29 is 38.4 Å². The largest absolute Gasteiger partial charge is 0.347 e. The summed E-state index contributed by atoms with van der Waals surface area (Å²) in [5, 5.41) is 27.1. The second-order valence-corrected chi connectivity index (χ2v) is 22.8. The number of hydrogen-bond donors (Lipinski definition) is 9. The van der Waals surface area contributed by atoms with Crippen LogP contribution in [-0.4, -0.2) is 139 Å². The van der Waals surface area contributed by atoms with Gasteiger partial charge in [-0.2, -0.15) is 0 Å². The molecule has 0 spiro atoms. The number of carbonyl (C=O) groups excluding carboxylic acids is 8. The molecule has 77 heavy (non-hydrogen) atoms. The van der Waals surface area contributed by atoms with Crippen LogP contribution in [0.1, 0.15) is 122 Å². The summed E-state index contributed by atoms with van der Waals surface area (Å²) in [5.41, 5.74) is 2.25. The van der Waals surface area contributed by atoms with E-state index >= 15 is 0 Å². The third kappa shape index (κ3) is 12.6. The first-order chi connectivity index (χ1) is 36.6. The van der Waals surface area contributed by atoms with Gasteiger partial charge in [-0.25, -0.2) is 0 Å². The third-order valence-corrected chi connectivity index (χ3v) is 16.3. The predicted octanol–water partition coefficient (Wildman–Crippen LogP) is 1.23. The molecule has 5 aliphatic rings. The number of benzene rings is 2. The lowest BCUT2D eigenvalue weighted by Gasteiger charge is -2.36. The zero-order valence-corrected chi connectivity index (χ0v) is 46.3. The van der Waals surface area contributed by atoms with E-state index in [1.54, 1.807) is 37.7 Å². The first kappa shape index (κ1) is 57.9. The lowest BCUT2D eigenvalue weighted by Crippen LogP contribution is -2.59. The number of likely N-dealkylation sites (tertiary alicyclic amines) is 1. The average molecular weight is 1060 g/mol. The molecule has 0 saturated carbocycles. The van der Waals surface area contributed by atoms with Crippen LogP contribution < -0.4 is 47.9 Å². The van der Waals surface area contributed by atoms with Crippen LogP contribution in [0, 0.1) is 46.3 Å². The number of hydrogen-bond acceptors (Lipinski definition) is 11. The van der Waals surface area contributed by atoms with E-state index in [9.17, 15) is 38.4 Å². The molecule has 8 amide bonds. The van der Waals surface area contributed by atoms with E-state index < -0.39 is 77.2 Å². The molecule has 19 heteroatoms. The summed E-state index contributed by atoms with van der Waals surface area (Å²) < 4.78 is 0. The lowest BCUT2D eigenvalue weighted by molar-refractivity contribution is -0.145. The molecule has 2 aromatic carbocycles. The van der Waals surface area contributed by atoms with Gasteiger partial charge in [0.25, 0.3) is 0 Å². The van der Waals surface area contributed by atoms with Crippen LogP contribution in [-0.2, 0) is 51.2 Å². The minimum absolute atomic E-state index is 0.0241. The molecule has 7 rings (SSSR count). The molecule has 3 heterocycles. The monoisotopic (exact) mass is 1060 g/mol. The summed E-state index contributed by atoms with van der Waals surface area (Å²) >= 11 is 0. The van der Waals surface area contributed by atoms with Crippen molar-refractivity contribution in [1.82, 2.24) is 57.7 Å². The Kier molecular flexibility index (Phi) is 18.6. The van der Waals surface area contributed by atoms with Gasteiger partial charge in [0, 0.05) is 6.04 Å². The number of amides is 8. The molecule has 0 bridgehead atoms. The van der Waals surface area contributed by atoms with E-state index in [4.69, 9.17) is 0 Å². The van der Waals surface area contributed by atoms with Crippen LogP contribution in [0.25, 0.3) is 0 Å². The van der Waals surface area contributed by atoms with E-state index in [0.717, 1.165) is 22.3 Å². The topological polar surface area (TPSA) is 251 Å². The Morgan fingerprint density at radius 1 is 0.701 bits per heavy atom. The molecule has 19 nitrogen and oxygen atoms in total. The molecule has 2 aromatic rings. The lowest BCUT2D eigenvalue weighted by atomic mass is 9.83. The van der Waals surface area contributed by atoms with E-state index in [1.807, 2.05) is 90.1 Å². The van der Waals surface area contributed by atoms with Crippen molar-refractivity contribution in [1.29, 1.82) is 0 Å². The van der Waals surface area contributed by atoms with Crippen molar-refractivity contribution in [3.63, 3.8) is 0 Å². The fraction of sp³-hybridized carbons (Fsp3) is 0.586. The normalized spacial score (nSPS) is 26.6. The Morgan fingerprint density at radius 2 is 1.21 bits per heavy atom. The zero-order chi connectivity index (χ0) is 55.9. The van der Waals surface area contributed by atoms with Gasteiger partial charge in [0.15, 0.2) is 0 Å². The molecule has 0 unspecified atom stereocenters. The van der Waals surface area contributed by atoms with Crippen molar-refractivity contribution in [2.24, 2.45) is 22.7 Å². The maximum Gasteiger partial charge on any atom is 0.247 e. The number of fused-ring (bicyclic) bond motifs is 3. The number of carbonyl (C=O) groups is 8. The van der Waals surface area contributed by atoms with Crippen LogP contribution in [0.15, 0.2) is 48.5 Å². The molecule has 414 valence electrons. The highest BCUT2D eigenvalue weighted by atomic mass is 16.2. The Balaban J connectivity index is 0.960. The summed E-state index contributed by atoms with van der Waals surface area (Å²) in [6.45, 7) is 15.5. The number of nitrogens with one attached hydrogen (secondary N) is 9. The standard InChI is InChI=1S/C58H79N11O8/c1-11-20-42(64-49(70)34(3)59-9)55(76)68-33(2)31-57(5,6)47(68)53(74)66-45-38-23-16-14-21-36(38)29-40(45)51(72)62-26-18-12-13-19-27-63-52(73)41-30-37-22-15-17-24-39(37)46(41)67-54(75)48-58(7,8)32-44-61-28-25-43(56(77)69(44)48)65-50(71)35(4)60-10/h14-17,21-24,33-35,40-48,59-61H,11,20,25-32H2,1-10H3,(H,62,72)(H,63,73)(H,64,70)(H,65,71)(H,66,74)(H,67,75)/t33-,34-,35-,40+,41+,42-,43-,44+,45-,46-,47+,48+/m0/s1. The Hall–Kier alpha value is -6.80.